The van der Waals surface area contributed by atoms with Crippen LogP contribution in [0, 0.1) is 11.6 Å². The molecule has 0 saturated heterocycles. The van der Waals surface area contributed by atoms with Crippen molar-refractivity contribution in [2.45, 2.75) is 25.8 Å². The Bertz CT molecular complexity index is 930. The molecule has 27 heavy (non-hydrogen) atoms. The van der Waals surface area contributed by atoms with Crippen molar-refractivity contribution in [2.24, 2.45) is 0 Å². The summed E-state index contributed by atoms with van der Waals surface area (Å²) >= 11 is 0. The molecule has 0 spiro atoms. The van der Waals surface area contributed by atoms with Gasteiger partial charge in [-0.25, -0.2) is 8.78 Å². The highest BCUT2D eigenvalue weighted by molar-refractivity contribution is 5.76. The fourth-order valence-corrected chi connectivity index (χ4v) is 2.57. The first-order valence-electron chi connectivity index (χ1n) is 8.39. The van der Waals surface area contributed by atoms with Crippen LogP contribution >= 0.6 is 0 Å². The van der Waals surface area contributed by atoms with Gasteiger partial charge in [0.1, 0.15) is 0 Å². The fourth-order valence-electron chi connectivity index (χ4n) is 2.57. The molecule has 6 nitrogen and oxygen atoms in total. The molecule has 2 heterocycles. The SMILES string of the molecule is C[C@H](c1ccc(F)c(F)c1)N(C)C(=O)CCc1nc(-c2cccnc2)no1. The van der Waals surface area contributed by atoms with Gasteiger partial charge in [0.2, 0.25) is 17.6 Å². The smallest absolute Gasteiger partial charge is 0.227 e. The zero-order valence-corrected chi connectivity index (χ0v) is 14.9. The maximum Gasteiger partial charge on any atom is 0.227 e. The molecule has 0 radical (unpaired) electrons. The Morgan fingerprint density at radius 3 is 2.78 bits per heavy atom. The van der Waals surface area contributed by atoms with Gasteiger partial charge in [0.15, 0.2) is 11.6 Å². The average Bonchev–Trinajstić information content (AvgIpc) is 3.17. The van der Waals surface area contributed by atoms with Crippen LogP contribution in [-0.4, -0.2) is 33.0 Å². The topological polar surface area (TPSA) is 72.1 Å². The highest BCUT2D eigenvalue weighted by Crippen LogP contribution is 2.22. The van der Waals surface area contributed by atoms with Gasteiger partial charge >= 0.3 is 0 Å². The third-order valence-corrected chi connectivity index (χ3v) is 4.34. The van der Waals surface area contributed by atoms with Gasteiger partial charge in [-0.05, 0) is 36.8 Å². The fraction of sp³-hybridized carbons (Fsp3) is 0.263. The number of pyridine rings is 1. The number of aryl methyl sites for hydroxylation is 1. The Hall–Kier alpha value is -3.16. The lowest BCUT2D eigenvalue weighted by molar-refractivity contribution is -0.131. The van der Waals surface area contributed by atoms with Crippen LogP contribution in [0.15, 0.2) is 47.2 Å². The highest BCUT2D eigenvalue weighted by Gasteiger charge is 2.19. The lowest BCUT2D eigenvalue weighted by Gasteiger charge is -2.25. The van der Waals surface area contributed by atoms with E-state index >= 15 is 0 Å². The predicted molar refractivity (Wildman–Crippen MR) is 93.4 cm³/mol. The summed E-state index contributed by atoms with van der Waals surface area (Å²) in [5.74, 6) is -1.27. The second-order valence-electron chi connectivity index (χ2n) is 6.11. The molecule has 0 saturated carbocycles. The first-order valence-corrected chi connectivity index (χ1v) is 8.39. The molecule has 8 heteroatoms. The van der Waals surface area contributed by atoms with Crippen LogP contribution in [0.5, 0.6) is 0 Å². The summed E-state index contributed by atoms with van der Waals surface area (Å²) in [6, 6.07) is 6.79. The number of aromatic nitrogens is 3. The number of carbonyl (C=O) groups is 1. The van der Waals surface area contributed by atoms with Gasteiger partial charge in [-0.15, -0.1) is 0 Å². The van der Waals surface area contributed by atoms with Gasteiger partial charge in [-0.1, -0.05) is 11.2 Å². The Morgan fingerprint density at radius 1 is 1.26 bits per heavy atom. The molecule has 3 aromatic rings. The summed E-state index contributed by atoms with van der Waals surface area (Å²) in [4.78, 5) is 22.1. The van der Waals surface area contributed by atoms with Crippen molar-refractivity contribution in [3.05, 3.63) is 65.8 Å². The van der Waals surface area contributed by atoms with Gasteiger partial charge in [-0.2, -0.15) is 4.98 Å². The van der Waals surface area contributed by atoms with Crippen molar-refractivity contribution in [3.8, 4) is 11.4 Å². The van der Waals surface area contributed by atoms with E-state index in [0.29, 0.717) is 17.3 Å². The average molecular weight is 372 g/mol. The summed E-state index contributed by atoms with van der Waals surface area (Å²) in [5, 5.41) is 3.88. The van der Waals surface area contributed by atoms with Crippen molar-refractivity contribution in [3.63, 3.8) is 0 Å². The van der Waals surface area contributed by atoms with E-state index in [-0.39, 0.29) is 18.7 Å². The first kappa shape index (κ1) is 18.6. The van der Waals surface area contributed by atoms with E-state index in [1.54, 1.807) is 32.4 Å². The van der Waals surface area contributed by atoms with Crippen LogP contribution in [0.4, 0.5) is 8.78 Å². The van der Waals surface area contributed by atoms with Crippen LogP contribution in [0.2, 0.25) is 0 Å². The Balaban J connectivity index is 1.60. The molecular formula is C19H18F2N4O2. The summed E-state index contributed by atoms with van der Waals surface area (Å²) in [7, 11) is 1.61. The van der Waals surface area contributed by atoms with E-state index in [9.17, 15) is 13.6 Å². The van der Waals surface area contributed by atoms with Crippen molar-refractivity contribution < 1.29 is 18.1 Å². The number of carbonyl (C=O) groups excluding carboxylic acids is 1. The van der Waals surface area contributed by atoms with Crippen LogP contribution < -0.4 is 0 Å². The number of hydrogen-bond acceptors (Lipinski definition) is 5. The summed E-state index contributed by atoms with van der Waals surface area (Å²) in [6.45, 7) is 1.75. The molecular weight excluding hydrogens is 354 g/mol. The number of hydrogen-bond donors (Lipinski definition) is 0. The van der Waals surface area contributed by atoms with Crippen molar-refractivity contribution in [2.75, 3.05) is 7.05 Å². The molecule has 3 rings (SSSR count). The molecule has 0 aliphatic heterocycles. The quantitative estimate of drug-likeness (QED) is 0.662. The number of benzene rings is 1. The zero-order valence-electron chi connectivity index (χ0n) is 14.9. The largest absolute Gasteiger partial charge is 0.339 e. The van der Waals surface area contributed by atoms with E-state index in [4.69, 9.17) is 4.52 Å². The lowest BCUT2D eigenvalue weighted by Crippen LogP contribution is -2.30. The van der Waals surface area contributed by atoms with Crippen molar-refractivity contribution in [1.82, 2.24) is 20.0 Å². The van der Waals surface area contributed by atoms with E-state index in [1.807, 2.05) is 6.07 Å². The molecule has 0 aliphatic rings. The van der Waals surface area contributed by atoms with Gasteiger partial charge in [0.25, 0.3) is 0 Å². The van der Waals surface area contributed by atoms with Gasteiger partial charge in [-0.3, -0.25) is 9.78 Å². The number of rotatable bonds is 6. The van der Waals surface area contributed by atoms with Crippen LogP contribution in [-0.2, 0) is 11.2 Å². The Labute approximate surface area is 154 Å². The molecule has 2 aromatic heterocycles. The Kier molecular flexibility index (Phi) is 5.54. The van der Waals surface area contributed by atoms with Crippen molar-refractivity contribution >= 4 is 5.91 Å². The maximum atomic E-state index is 13.4. The van der Waals surface area contributed by atoms with E-state index in [1.165, 1.54) is 11.0 Å². The summed E-state index contributed by atoms with van der Waals surface area (Å²) < 4.78 is 31.6. The molecule has 0 N–H and O–H groups in total. The monoisotopic (exact) mass is 372 g/mol. The van der Waals surface area contributed by atoms with Crippen LogP contribution in [0.1, 0.15) is 30.8 Å². The molecule has 1 aromatic carbocycles. The maximum absolute atomic E-state index is 13.4. The number of halogens is 2. The minimum atomic E-state index is -0.936. The second kappa shape index (κ2) is 8.03. The molecule has 1 amide bonds. The summed E-state index contributed by atoms with van der Waals surface area (Å²) in [5.41, 5.74) is 1.24. The van der Waals surface area contributed by atoms with E-state index < -0.39 is 17.7 Å². The normalized spacial score (nSPS) is 12.0. The third-order valence-electron chi connectivity index (χ3n) is 4.34. The molecule has 0 unspecified atom stereocenters. The van der Waals surface area contributed by atoms with Gasteiger partial charge in [0.05, 0.1) is 6.04 Å². The van der Waals surface area contributed by atoms with E-state index in [0.717, 1.165) is 17.7 Å². The first-order chi connectivity index (χ1) is 13.0. The number of amides is 1. The second-order valence-corrected chi connectivity index (χ2v) is 6.11. The molecule has 140 valence electrons. The third kappa shape index (κ3) is 4.33. The number of nitrogens with zero attached hydrogens (tertiary/aromatic N) is 4. The molecule has 0 fully saturated rings. The molecule has 1 atom stereocenters. The highest BCUT2D eigenvalue weighted by atomic mass is 19.2. The van der Waals surface area contributed by atoms with Crippen LogP contribution in [0.3, 0.4) is 0 Å². The zero-order chi connectivity index (χ0) is 19.4. The molecule has 0 aliphatic carbocycles. The Morgan fingerprint density at radius 2 is 2.07 bits per heavy atom. The van der Waals surface area contributed by atoms with Gasteiger partial charge < -0.3 is 9.42 Å². The minimum Gasteiger partial charge on any atom is -0.339 e. The van der Waals surface area contributed by atoms with E-state index in [2.05, 4.69) is 15.1 Å². The predicted octanol–water partition coefficient (Wildman–Crippen LogP) is 3.56. The van der Waals surface area contributed by atoms with Gasteiger partial charge in [0, 0.05) is 37.8 Å². The lowest BCUT2D eigenvalue weighted by atomic mass is 10.1. The molecule has 0 bridgehead atoms. The summed E-state index contributed by atoms with van der Waals surface area (Å²) in [6.07, 6.45) is 3.70. The van der Waals surface area contributed by atoms with Crippen LogP contribution in [0.25, 0.3) is 11.4 Å². The van der Waals surface area contributed by atoms with Crippen molar-refractivity contribution in [1.29, 1.82) is 0 Å². The minimum absolute atomic E-state index is 0.152. The standard InChI is InChI=1S/C19H18F2N4O2/c1-12(13-5-6-15(20)16(21)10-13)25(2)18(26)8-7-17-23-19(24-27-17)14-4-3-9-22-11-14/h3-6,9-12H,7-8H2,1-2H3/t12-/m1/s1.